The molecule has 154 valence electrons. The predicted octanol–water partition coefficient (Wildman–Crippen LogP) is -0.947. The van der Waals surface area contributed by atoms with Crippen LogP contribution in [0.2, 0.25) is 0 Å². The number of aliphatic hydroxyl groups is 1. The van der Waals surface area contributed by atoms with Crippen LogP contribution in [-0.4, -0.2) is 67.0 Å². The Balaban J connectivity index is 0.00000280. The normalized spacial score (nSPS) is 20.2. The second kappa shape index (κ2) is 9.69. The maximum Gasteiger partial charge on any atom is 0.349 e. The molecule has 0 aliphatic carbocycles. The van der Waals surface area contributed by atoms with Crippen LogP contribution in [0.5, 0.6) is 0 Å². The number of nitrogens with zero attached hydrogens (tertiary/aromatic N) is 1. The number of ether oxygens (including phenoxy) is 2. The second-order valence-electron chi connectivity index (χ2n) is 7.71. The molecule has 0 amide bonds. The third kappa shape index (κ3) is 4.84. The highest BCUT2D eigenvalue weighted by Crippen LogP contribution is 2.35. The van der Waals surface area contributed by atoms with E-state index < -0.39 is 11.6 Å². The standard InChI is InChI=1S/C21H29N2O4.BrH/c1-23(2)13-11-18(16-23)27-20(25)21(26-15-7-14-24,19-10-6-12-22-19)17-8-4-3-5-9-17;/h3-6,8-10,12,18,22,24H,7,11,13-16H2,1-2H3;1H/q+1;/p-1. The van der Waals surface area contributed by atoms with Gasteiger partial charge in [-0.15, -0.1) is 0 Å². The molecule has 2 N–H and O–H groups in total. The number of hydrogen-bond acceptors (Lipinski definition) is 4. The zero-order valence-corrected chi connectivity index (χ0v) is 18.0. The molecule has 1 fully saturated rings. The SMILES string of the molecule is C[N+]1(C)CCC(OC(=O)C(OCCCO)(c2ccccc2)c2ccc[nH]2)C1.[Br-]. The molecule has 1 saturated heterocycles. The smallest absolute Gasteiger partial charge is 0.349 e. The van der Waals surface area contributed by atoms with Gasteiger partial charge >= 0.3 is 5.97 Å². The molecular formula is C21H29BrN2O4. The van der Waals surface area contributed by atoms with E-state index in [4.69, 9.17) is 9.47 Å². The van der Waals surface area contributed by atoms with E-state index in [1.54, 1.807) is 6.20 Å². The Labute approximate surface area is 176 Å². The maximum absolute atomic E-state index is 13.5. The maximum atomic E-state index is 13.5. The lowest BCUT2D eigenvalue weighted by molar-refractivity contribution is -0.879. The number of halogens is 1. The van der Waals surface area contributed by atoms with Crippen molar-refractivity contribution in [2.45, 2.75) is 24.5 Å². The van der Waals surface area contributed by atoms with Crippen LogP contribution in [0, 0.1) is 0 Å². The fourth-order valence-corrected chi connectivity index (χ4v) is 3.67. The number of likely N-dealkylation sites (N-methyl/N-ethyl adjacent to an activating group) is 1. The number of aromatic amines is 1. The van der Waals surface area contributed by atoms with Gasteiger partial charge in [-0.25, -0.2) is 4.79 Å². The number of carbonyl (C=O) groups is 1. The summed E-state index contributed by atoms with van der Waals surface area (Å²) in [4.78, 5) is 16.6. The zero-order valence-electron chi connectivity index (χ0n) is 16.4. The molecule has 2 aromatic rings. The van der Waals surface area contributed by atoms with Crippen LogP contribution in [0.3, 0.4) is 0 Å². The van der Waals surface area contributed by atoms with Crippen LogP contribution in [0.25, 0.3) is 0 Å². The summed E-state index contributed by atoms with van der Waals surface area (Å²) in [6.45, 7) is 2.01. The number of hydrogen-bond donors (Lipinski definition) is 2. The molecule has 7 heteroatoms. The van der Waals surface area contributed by atoms with Crippen LogP contribution >= 0.6 is 0 Å². The Hall–Kier alpha value is -1.67. The van der Waals surface area contributed by atoms with Crippen molar-refractivity contribution in [3.8, 4) is 0 Å². The number of H-pyrrole nitrogens is 1. The second-order valence-corrected chi connectivity index (χ2v) is 7.71. The quantitative estimate of drug-likeness (QED) is 0.308. The van der Waals surface area contributed by atoms with Crippen LogP contribution in [0.4, 0.5) is 0 Å². The van der Waals surface area contributed by atoms with Gasteiger partial charge in [0.1, 0.15) is 6.54 Å². The van der Waals surface area contributed by atoms with Gasteiger partial charge in [0.05, 0.1) is 32.9 Å². The highest BCUT2D eigenvalue weighted by molar-refractivity contribution is 5.85. The van der Waals surface area contributed by atoms with Gasteiger partial charge in [-0.05, 0) is 18.6 Å². The molecule has 1 aromatic carbocycles. The fraction of sp³-hybridized carbons (Fsp3) is 0.476. The summed E-state index contributed by atoms with van der Waals surface area (Å²) < 4.78 is 13.0. The number of aliphatic hydroxyl groups excluding tert-OH is 1. The molecule has 2 heterocycles. The van der Waals surface area contributed by atoms with Gasteiger partial charge in [0, 0.05) is 24.8 Å². The van der Waals surface area contributed by atoms with Crippen LogP contribution < -0.4 is 17.0 Å². The summed E-state index contributed by atoms with van der Waals surface area (Å²) in [6, 6.07) is 13.1. The molecule has 0 saturated carbocycles. The molecule has 1 aromatic heterocycles. The highest BCUT2D eigenvalue weighted by Gasteiger charge is 2.48. The summed E-state index contributed by atoms with van der Waals surface area (Å²) in [6.07, 6.45) is 2.92. The van der Waals surface area contributed by atoms with E-state index in [1.165, 1.54) is 0 Å². The van der Waals surface area contributed by atoms with Crippen molar-refractivity contribution in [1.82, 2.24) is 4.98 Å². The number of benzene rings is 1. The molecule has 0 bridgehead atoms. The number of quaternary nitrogens is 1. The van der Waals surface area contributed by atoms with Crippen molar-refractivity contribution in [1.29, 1.82) is 0 Å². The zero-order chi connectivity index (χ0) is 19.3. The summed E-state index contributed by atoms with van der Waals surface area (Å²) in [5.41, 5.74) is -0.0369. The lowest BCUT2D eigenvalue weighted by Crippen LogP contribution is -3.00. The number of nitrogens with one attached hydrogen (secondary N) is 1. The molecule has 0 radical (unpaired) electrons. The van der Waals surface area contributed by atoms with E-state index in [0.717, 1.165) is 24.0 Å². The first-order chi connectivity index (χ1) is 13.0. The third-order valence-electron chi connectivity index (χ3n) is 5.09. The first-order valence-electron chi connectivity index (χ1n) is 9.45. The van der Waals surface area contributed by atoms with E-state index in [-0.39, 0.29) is 36.3 Å². The minimum atomic E-state index is -1.38. The average molecular weight is 453 g/mol. The van der Waals surface area contributed by atoms with Gasteiger partial charge in [0.2, 0.25) is 5.60 Å². The minimum Gasteiger partial charge on any atom is -1.00 e. The molecule has 28 heavy (non-hydrogen) atoms. The van der Waals surface area contributed by atoms with Gasteiger partial charge < -0.3 is 41.0 Å². The minimum absolute atomic E-state index is 0. The van der Waals surface area contributed by atoms with Crippen molar-refractivity contribution >= 4 is 5.97 Å². The van der Waals surface area contributed by atoms with E-state index >= 15 is 0 Å². The molecule has 1 aliphatic heterocycles. The molecule has 0 spiro atoms. The summed E-state index contributed by atoms with van der Waals surface area (Å²) in [5, 5.41) is 9.18. The molecule has 1 aliphatic rings. The van der Waals surface area contributed by atoms with Gasteiger partial charge in [-0.3, -0.25) is 0 Å². The average Bonchev–Trinajstić information content (AvgIpc) is 3.29. The number of likely N-dealkylation sites (tertiary alicyclic amines) is 1. The predicted molar refractivity (Wildman–Crippen MR) is 102 cm³/mol. The summed E-state index contributed by atoms with van der Waals surface area (Å²) in [7, 11) is 4.28. The Morgan fingerprint density at radius 3 is 2.57 bits per heavy atom. The van der Waals surface area contributed by atoms with Gasteiger partial charge in [-0.2, -0.15) is 0 Å². The Morgan fingerprint density at radius 2 is 2.00 bits per heavy atom. The molecular weight excluding hydrogens is 424 g/mol. The summed E-state index contributed by atoms with van der Waals surface area (Å²) >= 11 is 0. The largest absolute Gasteiger partial charge is 1.00 e. The third-order valence-corrected chi connectivity index (χ3v) is 5.09. The fourth-order valence-electron chi connectivity index (χ4n) is 3.67. The number of rotatable bonds is 8. The van der Waals surface area contributed by atoms with Gasteiger partial charge in [0.15, 0.2) is 6.10 Å². The van der Waals surface area contributed by atoms with E-state index in [1.807, 2.05) is 42.5 Å². The van der Waals surface area contributed by atoms with E-state index in [9.17, 15) is 9.90 Å². The number of esters is 1. The number of aromatic nitrogens is 1. The Bertz CT molecular complexity index is 736. The van der Waals surface area contributed by atoms with Crippen molar-refractivity contribution in [2.24, 2.45) is 0 Å². The molecule has 3 rings (SSSR count). The van der Waals surface area contributed by atoms with Crippen molar-refractivity contribution in [3.63, 3.8) is 0 Å². The van der Waals surface area contributed by atoms with E-state index in [2.05, 4.69) is 19.1 Å². The first kappa shape index (κ1) is 22.6. The Morgan fingerprint density at radius 1 is 1.25 bits per heavy atom. The van der Waals surface area contributed by atoms with Gasteiger partial charge in [-0.1, -0.05) is 30.3 Å². The first-order valence-corrected chi connectivity index (χ1v) is 9.45. The van der Waals surface area contributed by atoms with Crippen molar-refractivity contribution in [2.75, 3.05) is 40.4 Å². The monoisotopic (exact) mass is 452 g/mol. The Kier molecular flexibility index (Phi) is 7.83. The van der Waals surface area contributed by atoms with Crippen molar-refractivity contribution in [3.05, 3.63) is 59.9 Å². The number of carbonyl (C=O) groups excluding carboxylic acids is 1. The topological polar surface area (TPSA) is 71.6 Å². The molecule has 6 nitrogen and oxygen atoms in total. The lowest BCUT2D eigenvalue weighted by Gasteiger charge is -2.32. The highest BCUT2D eigenvalue weighted by atomic mass is 79.9. The summed E-state index contributed by atoms with van der Waals surface area (Å²) in [5.74, 6) is -0.416. The van der Waals surface area contributed by atoms with Crippen LogP contribution in [0.15, 0.2) is 48.7 Å². The molecule has 2 atom stereocenters. The lowest BCUT2D eigenvalue weighted by atomic mass is 9.90. The van der Waals surface area contributed by atoms with Gasteiger partial charge in [0.25, 0.3) is 0 Å². The molecule has 2 unspecified atom stereocenters. The van der Waals surface area contributed by atoms with E-state index in [0.29, 0.717) is 17.7 Å². The van der Waals surface area contributed by atoms with Crippen LogP contribution in [-0.2, 0) is 19.9 Å². The van der Waals surface area contributed by atoms with Crippen molar-refractivity contribution < 1.29 is 40.8 Å². The van der Waals surface area contributed by atoms with Crippen LogP contribution in [0.1, 0.15) is 24.1 Å².